The zero-order valence-corrected chi connectivity index (χ0v) is 15.2. The lowest BCUT2D eigenvalue weighted by Gasteiger charge is -2.32. The smallest absolute Gasteiger partial charge is 0.224 e. The number of benzene rings is 1. The Bertz CT molecular complexity index is 664. The minimum absolute atomic E-state index is 0.121. The number of hydrogen-bond donors (Lipinski definition) is 1. The molecule has 2 aromatic rings. The normalized spacial score (nSPS) is 18.4. The van der Waals surface area contributed by atoms with Crippen LogP contribution in [0.25, 0.3) is 5.69 Å². The largest absolute Gasteiger partial charge is 0.356 e. The number of rotatable bonds is 6. The van der Waals surface area contributed by atoms with Crippen molar-refractivity contribution in [1.82, 2.24) is 20.0 Å². The highest BCUT2D eigenvalue weighted by atomic mass is 16.1. The third-order valence-electron chi connectivity index (χ3n) is 4.67. The van der Waals surface area contributed by atoms with E-state index in [9.17, 15) is 4.79 Å². The predicted molar refractivity (Wildman–Crippen MR) is 99.4 cm³/mol. The molecule has 1 aromatic heterocycles. The SMILES string of the molecule is CC(C)CNC(=O)[C@@H]1CCCN(Cc2ccc(-n3cccn3)cc2)C1. The van der Waals surface area contributed by atoms with Gasteiger partial charge >= 0.3 is 0 Å². The Hall–Kier alpha value is -2.14. The highest BCUT2D eigenvalue weighted by molar-refractivity contribution is 5.78. The molecule has 1 amide bonds. The van der Waals surface area contributed by atoms with Gasteiger partial charge in [0.15, 0.2) is 0 Å². The molecule has 1 aliphatic heterocycles. The molecule has 2 heterocycles. The fraction of sp³-hybridized carbons (Fsp3) is 0.500. The average Bonchev–Trinajstić information content (AvgIpc) is 3.15. The van der Waals surface area contributed by atoms with Gasteiger partial charge in [0.25, 0.3) is 0 Å². The van der Waals surface area contributed by atoms with Gasteiger partial charge in [-0.3, -0.25) is 9.69 Å². The minimum atomic E-state index is 0.121. The monoisotopic (exact) mass is 340 g/mol. The molecule has 0 saturated carbocycles. The molecule has 1 aliphatic rings. The van der Waals surface area contributed by atoms with E-state index in [-0.39, 0.29) is 11.8 Å². The second kappa shape index (κ2) is 8.30. The number of hydrogen-bond acceptors (Lipinski definition) is 3. The van der Waals surface area contributed by atoms with Crippen LogP contribution in [0.5, 0.6) is 0 Å². The second-order valence-electron chi connectivity index (χ2n) is 7.33. The number of aromatic nitrogens is 2. The summed E-state index contributed by atoms with van der Waals surface area (Å²) in [5.41, 5.74) is 2.34. The molecule has 1 atom stereocenters. The topological polar surface area (TPSA) is 50.2 Å². The van der Waals surface area contributed by atoms with Crippen LogP contribution >= 0.6 is 0 Å². The Labute approximate surface area is 150 Å². The van der Waals surface area contributed by atoms with Gasteiger partial charge in [-0.25, -0.2) is 4.68 Å². The van der Waals surface area contributed by atoms with Crippen molar-refractivity contribution in [1.29, 1.82) is 0 Å². The number of nitrogens with zero attached hydrogens (tertiary/aromatic N) is 3. The Balaban J connectivity index is 1.54. The van der Waals surface area contributed by atoms with Gasteiger partial charge in [0.2, 0.25) is 5.91 Å². The van der Waals surface area contributed by atoms with E-state index in [1.165, 1.54) is 5.56 Å². The molecule has 0 bridgehead atoms. The van der Waals surface area contributed by atoms with Crippen LogP contribution in [0.1, 0.15) is 32.3 Å². The minimum Gasteiger partial charge on any atom is -0.356 e. The summed E-state index contributed by atoms with van der Waals surface area (Å²) in [4.78, 5) is 14.7. The maximum atomic E-state index is 12.3. The number of piperidine rings is 1. The lowest BCUT2D eigenvalue weighted by molar-refractivity contribution is -0.126. The molecule has 3 rings (SSSR count). The van der Waals surface area contributed by atoms with Gasteiger partial charge in [0.05, 0.1) is 11.6 Å². The summed E-state index contributed by atoms with van der Waals surface area (Å²) in [7, 11) is 0. The van der Waals surface area contributed by atoms with E-state index < -0.39 is 0 Å². The van der Waals surface area contributed by atoms with E-state index in [0.29, 0.717) is 5.92 Å². The molecule has 0 spiro atoms. The summed E-state index contributed by atoms with van der Waals surface area (Å²) in [6, 6.07) is 10.4. The first kappa shape index (κ1) is 17.7. The van der Waals surface area contributed by atoms with Crippen LogP contribution in [-0.4, -0.2) is 40.2 Å². The van der Waals surface area contributed by atoms with Crippen molar-refractivity contribution in [3.8, 4) is 5.69 Å². The van der Waals surface area contributed by atoms with Crippen molar-refractivity contribution >= 4 is 5.91 Å². The molecule has 0 unspecified atom stereocenters. The Kier molecular flexibility index (Phi) is 5.87. The molecule has 1 fully saturated rings. The van der Waals surface area contributed by atoms with E-state index in [4.69, 9.17) is 0 Å². The van der Waals surface area contributed by atoms with Crippen LogP contribution < -0.4 is 5.32 Å². The summed E-state index contributed by atoms with van der Waals surface area (Å²) in [6.07, 6.45) is 5.82. The third kappa shape index (κ3) is 4.92. The third-order valence-corrected chi connectivity index (χ3v) is 4.67. The van der Waals surface area contributed by atoms with Gasteiger partial charge in [-0.05, 0) is 49.1 Å². The van der Waals surface area contributed by atoms with Gasteiger partial charge < -0.3 is 5.32 Å². The van der Waals surface area contributed by atoms with Gasteiger partial charge in [0, 0.05) is 32.0 Å². The summed E-state index contributed by atoms with van der Waals surface area (Å²) in [6.45, 7) is 7.83. The molecule has 0 aliphatic carbocycles. The number of amides is 1. The van der Waals surface area contributed by atoms with Crippen molar-refractivity contribution in [2.45, 2.75) is 33.2 Å². The number of carbonyl (C=O) groups is 1. The first-order valence-corrected chi connectivity index (χ1v) is 9.21. The molecule has 25 heavy (non-hydrogen) atoms. The molecule has 5 nitrogen and oxygen atoms in total. The first-order chi connectivity index (χ1) is 12.1. The van der Waals surface area contributed by atoms with E-state index in [2.05, 4.69) is 53.4 Å². The fourth-order valence-corrected chi connectivity index (χ4v) is 3.30. The molecule has 134 valence electrons. The summed E-state index contributed by atoms with van der Waals surface area (Å²) in [5.74, 6) is 0.834. The highest BCUT2D eigenvalue weighted by Crippen LogP contribution is 2.19. The van der Waals surface area contributed by atoms with Crippen molar-refractivity contribution < 1.29 is 4.79 Å². The molecule has 1 N–H and O–H groups in total. The Morgan fingerprint density at radius 1 is 1.32 bits per heavy atom. The first-order valence-electron chi connectivity index (χ1n) is 9.21. The summed E-state index contributed by atoms with van der Waals surface area (Å²) in [5, 5.41) is 7.34. The van der Waals surface area contributed by atoms with Gasteiger partial charge in [-0.2, -0.15) is 5.10 Å². The molecular formula is C20H28N4O. The zero-order valence-electron chi connectivity index (χ0n) is 15.2. The van der Waals surface area contributed by atoms with E-state index >= 15 is 0 Å². The van der Waals surface area contributed by atoms with Gasteiger partial charge in [0.1, 0.15) is 0 Å². The maximum Gasteiger partial charge on any atom is 0.224 e. The van der Waals surface area contributed by atoms with Crippen LogP contribution in [0, 0.1) is 11.8 Å². The average molecular weight is 340 g/mol. The maximum absolute atomic E-state index is 12.3. The number of carbonyl (C=O) groups excluding carboxylic acids is 1. The van der Waals surface area contributed by atoms with Crippen LogP contribution in [0.2, 0.25) is 0 Å². The zero-order chi connectivity index (χ0) is 17.6. The van der Waals surface area contributed by atoms with Gasteiger partial charge in [-0.15, -0.1) is 0 Å². The lowest BCUT2D eigenvalue weighted by Crippen LogP contribution is -2.43. The standard InChI is InChI=1S/C20H28N4O/c1-16(2)13-21-20(25)18-5-3-11-23(15-18)14-17-6-8-19(9-7-17)24-12-4-10-22-24/h4,6-10,12,16,18H,3,5,11,13-15H2,1-2H3,(H,21,25)/t18-/m1/s1. The lowest BCUT2D eigenvalue weighted by atomic mass is 9.96. The van der Waals surface area contributed by atoms with E-state index in [1.807, 2.05) is 16.9 Å². The van der Waals surface area contributed by atoms with Crippen LogP contribution in [-0.2, 0) is 11.3 Å². The molecule has 1 aromatic carbocycles. The summed E-state index contributed by atoms with van der Waals surface area (Å²) >= 11 is 0. The quantitative estimate of drug-likeness (QED) is 0.880. The van der Waals surface area contributed by atoms with Crippen molar-refractivity contribution in [3.63, 3.8) is 0 Å². The van der Waals surface area contributed by atoms with E-state index in [1.54, 1.807) is 6.20 Å². The Morgan fingerprint density at radius 2 is 2.12 bits per heavy atom. The number of nitrogens with one attached hydrogen (secondary N) is 1. The van der Waals surface area contributed by atoms with Crippen molar-refractivity contribution in [2.24, 2.45) is 11.8 Å². The van der Waals surface area contributed by atoms with Crippen LogP contribution in [0.4, 0.5) is 0 Å². The summed E-state index contributed by atoms with van der Waals surface area (Å²) < 4.78 is 1.86. The van der Waals surface area contributed by atoms with Gasteiger partial charge in [-0.1, -0.05) is 26.0 Å². The highest BCUT2D eigenvalue weighted by Gasteiger charge is 2.25. The second-order valence-corrected chi connectivity index (χ2v) is 7.33. The fourth-order valence-electron chi connectivity index (χ4n) is 3.30. The predicted octanol–water partition coefficient (Wildman–Crippen LogP) is 2.86. The van der Waals surface area contributed by atoms with E-state index in [0.717, 1.165) is 44.7 Å². The number of likely N-dealkylation sites (tertiary alicyclic amines) is 1. The van der Waals surface area contributed by atoms with Crippen molar-refractivity contribution in [2.75, 3.05) is 19.6 Å². The van der Waals surface area contributed by atoms with Crippen LogP contribution in [0.15, 0.2) is 42.7 Å². The molecule has 1 saturated heterocycles. The Morgan fingerprint density at radius 3 is 2.80 bits per heavy atom. The van der Waals surface area contributed by atoms with Crippen LogP contribution in [0.3, 0.4) is 0 Å². The molecule has 0 radical (unpaired) electrons. The molecular weight excluding hydrogens is 312 g/mol. The van der Waals surface area contributed by atoms with Crippen molar-refractivity contribution in [3.05, 3.63) is 48.3 Å². The molecule has 5 heteroatoms.